The topological polar surface area (TPSA) is 88.4 Å². The summed E-state index contributed by atoms with van der Waals surface area (Å²) < 4.78 is 11.3. The molecule has 25 heavy (non-hydrogen) atoms. The molecule has 2 aromatic rings. The Morgan fingerprint density at radius 3 is 2.40 bits per heavy atom. The zero-order chi connectivity index (χ0) is 18.2. The van der Waals surface area contributed by atoms with Gasteiger partial charge in [0.05, 0.1) is 11.6 Å². The lowest BCUT2D eigenvalue weighted by molar-refractivity contribution is -0.153. The average Bonchev–Trinajstić information content (AvgIpc) is 2.62. The molecule has 128 valence electrons. The Labute approximate surface area is 153 Å². The summed E-state index contributed by atoms with van der Waals surface area (Å²) in [6.45, 7) is 1.11. The van der Waals surface area contributed by atoms with Gasteiger partial charge in [-0.25, -0.2) is 4.79 Å². The average molecular weight is 403 g/mol. The van der Waals surface area contributed by atoms with E-state index in [1.54, 1.807) is 48.5 Å². The second kappa shape index (κ2) is 8.85. The summed E-state index contributed by atoms with van der Waals surface area (Å²) in [6, 6.07) is 15.3. The molecule has 0 aliphatic heterocycles. The Bertz CT molecular complexity index is 782. The van der Waals surface area contributed by atoms with Crippen LogP contribution in [-0.2, 0) is 14.3 Å². The molecule has 1 amide bonds. The maximum absolute atomic E-state index is 11.9. The number of anilines is 1. The lowest BCUT2D eigenvalue weighted by Gasteiger charge is -2.14. The highest BCUT2D eigenvalue weighted by atomic mass is 79.9. The Balaban J connectivity index is 1.79. The van der Waals surface area contributed by atoms with Crippen LogP contribution in [-0.4, -0.2) is 24.6 Å². The number of ether oxygens (including phenoxy) is 2. The van der Waals surface area contributed by atoms with Gasteiger partial charge in [-0.05, 0) is 55.5 Å². The van der Waals surface area contributed by atoms with Gasteiger partial charge in [-0.2, -0.15) is 5.26 Å². The minimum absolute atomic E-state index is 0.407. The Hall–Kier alpha value is -2.85. The molecule has 0 radical (unpaired) electrons. The lowest BCUT2D eigenvalue weighted by atomic mass is 10.2. The standard InChI is InChI=1S/C18H15BrN2O4/c1-12(25-16-8-2-13(10-20)3-9-16)18(23)24-11-17(22)21-15-6-4-14(19)5-7-15/h2-9,12H,11H2,1H3,(H,21,22)/t12-/m1/s1. The van der Waals surface area contributed by atoms with Gasteiger partial charge in [-0.15, -0.1) is 0 Å². The van der Waals surface area contributed by atoms with Crippen molar-refractivity contribution >= 4 is 33.5 Å². The van der Waals surface area contributed by atoms with Gasteiger partial charge in [0.25, 0.3) is 5.91 Å². The van der Waals surface area contributed by atoms with Gasteiger partial charge in [0.15, 0.2) is 12.7 Å². The summed E-state index contributed by atoms with van der Waals surface area (Å²) in [5, 5.41) is 11.4. The predicted octanol–water partition coefficient (Wildman–Crippen LogP) is 3.27. The Kier molecular flexibility index (Phi) is 6.54. The van der Waals surface area contributed by atoms with Crippen molar-refractivity contribution in [2.45, 2.75) is 13.0 Å². The lowest BCUT2D eigenvalue weighted by Crippen LogP contribution is -2.29. The number of halogens is 1. The molecule has 6 nitrogen and oxygen atoms in total. The number of hydrogen-bond donors (Lipinski definition) is 1. The van der Waals surface area contributed by atoms with Crippen LogP contribution in [0.15, 0.2) is 53.0 Å². The molecule has 2 rings (SSSR count). The van der Waals surface area contributed by atoms with Crippen LogP contribution in [0.2, 0.25) is 0 Å². The number of esters is 1. The number of nitrogens with one attached hydrogen (secondary N) is 1. The number of hydrogen-bond acceptors (Lipinski definition) is 5. The van der Waals surface area contributed by atoms with Gasteiger partial charge in [0.1, 0.15) is 5.75 Å². The van der Waals surface area contributed by atoms with Crippen molar-refractivity contribution in [3.8, 4) is 11.8 Å². The van der Waals surface area contributed by atoms with Crippen LogP contribution in [0.25, 0.3) is 0 Å². The molecule has 0 spiro atoms. The molecule has 1 N–H and O–H groups in total. The van der Waals surface area contributed by atoms with E-state index in [1.165, 1.54) is 6.92 Å². The van der Waals surface area contributed by atoms with Crippen molar-refractivity contribution in [2.24, 2.45) is 0 Å². The minimum atomic E-state index is -0.881. The predicted molar refractivity (Wildman–Crippen MR) is 95.0 cm³/mol. The third-order valence-electron chi connectivity index (χ3n) is 3.10. The number of benzene rings is 2. The summed E-state index contributed by atoms with van der Waals surface area (Å²) >= 11 is 3.30. The van der Waals surface area contributed by atoms with Crippen LogP contribution in [0.4, 0.5) is 5.69 Å². The fourth-order valence-electron chi connectivity index (χ4n) is 1.84. The van der Waals surface area contributed by atoms with E-state index in [-0.39, 0.29) is 0 Å². The third-order valence-corrected chi connectivity index (χ3v) is 3.63. The molecule has 7 heteroatoms. The molecule has 0 saturated carbocycles. The van der Waals surface area contributed by atoms with E-state index in [9.17, 15) is 9.59 Å². The van der Waals surface area contributed by atoms with Crippen LogP contribution in [0, 0.1) is 11.3 Å². The summed E-state index contributed by atoms with van der Waals surface area (Å²) in [5.74, 6) is -0.667. The highest BCUT2D eigenvalue weighted by Crippen LogP contribution is 2.15. The number of carbonyl (C=O) groups excluding carboxylic acids is 2. The molecule has 0 aliphatic carbocycles. The molecule has 0 bridgehead atoms. The Morgan fingerprint density at radius 1 is 1.16 bits per heavy atom. The number of nitriles is 1. The van der Waals surface area contributed by atoms with Gasteiger partial charge in [0.2, 0.25) is 0 Å². The first-order valence-electron chi connectivity index (χ1n) is 7.37. The molecular weight excluding hydrogens is 388 g/mol. The first kappa shape index (κ1) is 18.5. The van der Waals surface area contributed by atoms with Crippen molar-refractivity contribution in [1.29, 1.82) is 5.26 Å². The molecule has 2 aromatic carbocycles. The van der Waals surface area contributed by atoms with Crippen LogP contribution < -0.4 is 10.1 Å². The quantitative estimate of drug-likeness (QED) is 0.748. The van der Waals surface area contributed by atoms with E-state index in [1.807, 2.05) is 6.07 Å². The van der Waals surface area contributed by atoms with Crippen molar-refractivity contribution in [3.05, 3.63) is 58.6 Å². The van der Waals surface area contributed by atoms with Crippen LogP contribution in [0.3, 0.4) is 0 Å². The van der Waals surface area contributed by atoms with E-state index in [0.717, 1.165) is 4.47 Å². The van der Waals surface area contributed by atoms with Gasteiger partial charge >= 0.3 is 5.97 Å². The largest absolute Gasteiger partial charge is 0.479 e. The van der Waals surface area contributed by atoms with Crippen LogP contribution in [0.5, 0.6) is 5.75 Å². The van der Waals surface area contributed by atoms with Crippen LogP contribution in [0.1, 0.15) is 12.5 Å². The number of rotatable bonds is 6. The zero-order valence-electron chi connectivity index (χ0n) is 13.4. The summed E-state index contributed by atoms with van der Waals surface area (Å²) in [5.41, 5.74) is 1.10. The van der Waals surface area contributed by atoms with E-state index in [2.05, 4.69) is 21.2 Å². The number of amides is 1. The first-order chi connectivity index (χ1) is 12.0. The van der Waals surface area contributed by atoms with Crippen molar-refractivity contribution < 1.29 is 19.1 Å². The fourth-order valence-corrected chi connectivity index (χ4v) is 2.11. The molecular formula is C18H15BrN2O4. The minimum Gasteiger partial charge on any atom is -0.479 e. The van der Waals surface area contributed by atoms with Crippen molar-refractivity contribution in [2.75, 3.05) is 11.9 Å². The maximum Gasteiger partial charge on any atom is 0.347 e. The smallest absolute Gasteiger partial charge is 0.347 e. The second-order valence-electron chi connectivity index (χ2n) is 5.06. The maximum atomic E-state index is 11.9. The third kappa shape index (κ3) is 5.94. The molecule has 0 unspecified atom stereocenters. The number of nitrogens with zero attached hydrogens (tertiary/aromatic N) is 1. The van der Waals surface area contributed by atoms with Crippen LogP contribution >= 0.6 is 15.9 Å². The van der Waals surface area contributed by atoms with Gasteiger partial charge < -0.3 is 14.8 Å². The van der Waals surface area contributed by atoms with E-state index in [0.29, 0.717) is 17.0 Å². The van der Waals surface area contributed by atoms with Crippen molar-refractivity contribution in [1.82, 2.24) is 0 Å². The molecule has 0 aromatic heterocycles. The fraction of sp³-hybridized carbons (Fsp3) is 0.167. The summed E-state index contributed by atoms with van der Waals surface area (Å²) in [6.07, 6.45) is -0.881. The number of carbonyl (C=O) groups is 2. The molecule has 1 atom stereocenters. The SMILES string of the molecule is C[C@@H](Oc1ccc(C#N)cc1)C(=O)OCC(=O)Nc1ccc(Br)cc1. The molecule has 0 heterocycles. The van der Waals surface area contributed by atoms with Gasteiger partial charge in [-0.3, -0.25) is 4.79 Å². The summed E-state index contributed by atoms with van der Waals surface area (Å²) in [4.78, 5) is 23.7. The van der Waals surface area contributed by atoms with Gasteiger partial charge in [0, 0.05) is 10.2 Å². The van der Waals surface area contributed by atoms with Crippen molar-refractivity contribution in [3.63, 3.8) is 0 Å². The Morgan fingerprint density at radius 2 is 1.80 bits per heavy atom. The van der Waals surface area contributed by atoms with E-state index in [4.69, 9.17) is 14.7 Å². The second-order valence-corrected chi connectivity index (χ2v) is 5.97. The van der Waals surface area contributed by atoms with Gasteiger partial charge in [-0.1, -0.05) is 15.9 Å². The first-order valence-corrected chi connectivity index (χ1v) is 8.16. The van der Waals surface area contributed by atoms with E-state index < -0.39 is 24.6 Å². The highest BCUT2D eigenvalue weighted by molar-refractivity contribution is 9.10. The monoisotopic (exact) mass is 402 g/mol. The molecule has 0 aliphatic rings. The summed E-state index contributed by atoms with van der Waals surface area (Å²) in [7, 11) is 0. The molecule has 0 saturated heterocycles. The van der Waals surface area contributed by atoms with E-state index >= 15 is 0 Å². The zero-order valence-corrected chi connectivity index (χ0v) is 14.9. The molecule has 0 fully saturated rings. The normalized spacial score (nSPS) is 11.1. The highest BCUT2D eigenvalue weighted by Gasteiger charge is 2.18.